The van der Waals surface area contributed by atoms with Crippen molar-refractivity contribution in [2.75, 3.05) is 20.8 Å². The highest BCUT2D eigenvalue weighted by atomic mass is 15.8. The van der Waals surface area contributed by atoms with E-state index in [9.17, 15) is 0 Å². The van der Waals surface area contributed by atoms with E-state index < -0.39 is 0 Å². The van der Waals surface area contributed by atoms with E-state index in [1.165, 1.54) is 0 Å². The molecule has 0 bridgehead atoms. The van der Waals surface area contributed by atoms with E-state index >= 15 is 0 Å². The van der Waals surface area contributed by atoms with Crippen LogP contribution in [0.3, 0.4) is 0 Å². The predicted octanol–water partition coefficient (Wildman–Crippen LogP) is -2.60. The summed E-state index contributed by atoms with van der Waals surface area (Å²) in [6.45, 7) is 0.693. The highest BCUT2D eigenvalue weighted by molar-refractivity contribution is 4.24. The Morgan fingerprint density at radius 1 is 1.00 bits per heavy atom. The first kappa shape index (κ1) is 8.76. The minimum Gasteiger partial charge on any atom is -0.307 e. The lowest BCUT2D eigenvalue weighted by atomic mass is 11.1. The van der Waals surface area contributed by atoms with Crippen molar-refractivity contribution < 1.29 is 0 Å². The SMILES string of the molecule is CNCNNNNNC. The average Bonchev–Trinajstić information content (AvgIpc) is 1.89. The first-order valence-electron chi connectivity index (χ1n) is 2.71. The summed E-state index contributed by atoms with van der Waals surface area (Å²) in [6.07, 6.45) is 0. The molecule has 0 fully saturated rings. The van der Waals surface area contributed by atoms with Gasteiger partial charge in [-0.15, -0.1) is 0 Å². The largest absolute Gasteiger partial charge is 0.307 e. The average molecular weight is 134 g/mol. The van der Waals surface area contributed by atoms with Crippen molar-refractivity contribution in [3.8, 4) is 0 Å². The molecule has 0 aromatic rings. The molecule has 0 heterocycles. The Balaban J connectivity index is 2.60. The fraction of sp³-hybridized carbons (Fsp3) is 1.00. The lowest BCUT2D eigenvalue weighted by Gasteiger charge is -2.07. The summed E-state index contributed by atoms with van der Waals surface area (Å²) in [6, 6.07) is 0. The minimum absolute atomic E-state index is 0.693. The molecule has 56 valence electrons. The molecule has 6 heteroatoms. The van der Waals surface area contributed by atoms with E-state index in [1.54, 1.807) is 7.05 Å². The van der Waals surface area contributed by atoms with Crippen LogP contribution in [-0.4, -0.2) is 20.8 Å². The maximum Gasteiger partial charge on any atom is 0.0601 e. The van der Waals surface area contributed by atoms with Gasteiger partial charge in [-0.2, -0.15) is 16.6 Å². The molecule has 0 aliphatic rings. The second-order valence-electron chi connectivity index (χ2n) is 1.33. The van der Waals surface area contributed by atoms with E-state index in [0.29, 0.717) is 6.67 Å². The number of nitrogens with one attached hydrogen (secondary N) is 6. The third-order valence-corrected chi connectivity index (χ3v) is 0.604. The summed E-state index contributed by atoms with van der Waals surface area (Å²) in [5.74, 6) is 0. The molecule has 0 saturated heterocycles. The molecule has 0 aliphatic heterocycles. The summed E-state index contributed by atoms with van der Waals surface area (Å²) in [7, 11) is 3.60. The van der Waals surface area contributed by atoms with Gasteiger partial charge in [0.2, 0.25) is 0 Å². The molecule has 0 radical (unpaired) electrons. The van der Waals surface area contributed by atoms with Crippen LogP contribution in [0.2, 0.25) is 0 Å². The lowest BCUT2D eigenvalue weighted by Crippen LogP contribution is -2.55. The van der Waals surface area contributed by atoms with Crippen molar-refractivity contribution in [3.63, 3.8) is 0 Å². The normalized spacial score (nSPS) is 10.0. The van der Waals surface area contributed by atoms with Crippen LogP contribution in [0.15, 0.2) is 0 Å². The highest BCUT2D eigenvalue weighted by Gasteiger charge is 1.75. The van der Waals surface area contributed by atoms with Gasteiger partial charge in [-0.05, 0) is 14.1 Å². The number of hydrogen-bond acceptors (Lipinski definition) is 6. The zero-order valence-corrected chi connectivity index (χ0v) is 5.71. The van der Waals surface area contributed by atoms with Crippen molar-refractivity contribution in [2.24, 2.45) is 0 Å². The summed E-state index contributed by atoms with van der Waals surface area (Å²) in [5, 5.41) is 2.88. The molecule has 0 atom stereocenters. The van der Waals surface area contributed by atoms with Gasteiger partial charge in [-0.3, -0.25) is 0 Å². The van der Waals surface area contributed by atoms with Crippen LogP contribution in [0, 0.1) is 0 Å². The van der Waals surface area contributed by atoms with Crippen molar-refractivity contribution >= 4 is 0 Å². The maximum absolute atomic E-state index is 2.88. The first-order chi connectivity index (χ1) is 4.41. The van der Waals surface area contributed by atoms with Crippen molar-refractivity contribution in [1.82, 2.24) is 32.8 Å². The molecule has 0 aromatic heterocycles. The van der Waals surface area contributed by atoms with Crippen molar-refractivity contribution in [3.05, 3.63) is 0 Å². The molecule has 0 amide bonds. The molecule has 0 aliphatic carbocycles. The molecule has 0 unspecified atom stereocenters. The van der Waals surface area contributed by atoms with Gasteiger partial charge in [-0.25, -0.2) is 10.9 Å². The van der Waals surface area contributed by atoms with Crippen LogP contribution in [0.5, 0.6) is 0 Å². The van der Waals surface area contributed by atoms with Crippen molar-refractivity contribution in [2.45, 2.75) is 0 Å². The maximum atomic E-state index is 2.88. The number of rotatable bonds is 6. The summed E-state index contributed by atoms with van der Waals surface area (Å²) >= 11 is 0. The Bertz CT molecular complexity index is 41.6. The lowest BCUT2D eigenvalue weighted by molar-refractivity contribution is 0.335. The zero-order chi connectivity index (χ0) is 6.95. The fourth-order valence-corrected chi connectivity index (χ4v) is 0.271. The summed E-state index contributed by atoms with van der Waals surface area (Å²) < 4.78 is 0. The molecule has 6 nitrogen and oxygen atoms in total. The Kier molecular flexibility index (Phi) is 7.55. The van der Waals surface area contributed by atoms with Crippen LogP contribution in [0.1, 0.15) is 0 Å². The molecule has 0 aromatic carbocycles. The van der Waals surface area contributed by atoms with Gasteiger partial charge in [-0.1, -0.05) is 0 Å². The van der Waals surface area contributed by atoms with E-state index in [4.69, 9.17) is 0 Å². The Hall–Kier alpha value is -0.240. The molecule has 0 saturated carbocycles. The van der Waals surface area contributed by atoms with Gasteiger partial charge in [0.25, 0.3) is 0 Å². The first-order valence-corrected chi connectivity index (χ1v) is 2.71. The van der Waals surface area contributed by atoms with Gasteiger partial charge in [0, 0.05) is 0 Å². The van der Waals surface area contributed by atoms with E-state index in [-0.39, 0.29) is 0 Å². The van der Waals surface area contributed by atoms with Gasteiger partial charge in [0.1, 0.15) is 0 Å². The molecule has 0 rings (SSSR count). The third-order valence-electron chi connectivity index (χ3n) is 0.604. The standard InChI is InChI=1S/C3H14N6/c1-4-3-6-8-9-7-5-2/h4-9H,3H2,1-2H3. The fourth-order valence-electron chi connectivity index (χ4n) is 0.271. The van der Waals surface area contributed by atoms with E-state index in [2.05, 4.69) is 32.8 Å². The van der Waals surface area contributed by atoms with Crippen LogP contribution in [-0.2, 0) is 0 Å². The Morgan fingerprint density at radius 2 is 1.78 bits per heavy atom. The van der Waals surface area contributed by atoms with Gasteiger partial charge in [0.05, 0.1) is 6.67 Å². The summed E-state index contributed by atoms with van der Waals surface area (Å²) in [5.41, 5.74) is 13.3. The smallest absolute Gasteiger partial charge is 0.0601 e. The zero-order valence-electron chi connectivity index (χ0n) is 5.71. The van der Waals surface area contributed by atoms with Gasteiger partial charge in [0.15, 0.2) is 0 Å². The van der Waals surface area contributed by atoms with E-state index in [0.717, 1.165) is 0 Å². The van der Waals surface area contributed by atoms with Crippen LogP contribution in [0.4, 0.5) is 0 Å². The molecule has 9 heavy (non-hydrogen) atoms. The monoisotopic (exact) mass is 134 g/mol. The van der Waals surface area contributed by atoms with Crippen LogP contribution in [0.25, 0.3) is 0 Å². The van der Waals surface area contributed by atoms with Gasteiger partial charge >= 0.3 is 0 Å². The van der Waals surface area contributed by atoms with Gasteiger partial charge < -0.3 is 5.32 Å². The third kappa shape index (κ3) is 7.76. The molecule has 6 N–H and O–H groups in total. The minimum atomic E-state index is 0.693. The quantitative estimate of drug-likeness (QED) is 0.136. The van der Waals surface area contributed by atoms with Crippen LogP contribution < -0.4 is 32.8 Å². The second-order valence-corrected chi connectivity index (χ2v) is 1.33. The molecular weight excluding hydrogens is 120 g/mol. The predicted molar refractivity (Wildman–Crippen MR) is 35.5 cm³/mol. The summed E-state index contributed by atoms with van der Waals surface area (Å²) in [4.78, 5) is 0. The molecular formula is C3H14N6. The Morgan fingerprint density at radius 3 is 2.33 bits per heavy atom. The second kappa shape index (κ2) is 7.76. The topological polar surface area (TPSA) is 72.2 Å². The van der Waals surface area contributed by atoms with Crippen LogP contribution >= 0.6 is 0 Å². The highest BCUT2D eigenvalue weighted by Crippen LogP contribution is 1.33. The molecule has 0 spiro atoms. The van der Waals surface area contributed by atoms with E-state index in [1.807, 2.05) is 7.05 Å². The Labute approximate surface area is 54.6 Å². The number of hydrogen-bond donors (Lipinski definition) is 6. The number of hydrazine groups is 4. The van der Waals surface area contributed by atoms with Crippen molar-refractivity contribution in [1.29, 1.82) is 0 Å².